The van der Waals surface area contributed by atoms with E-state index in [1.807, 2.05) is 78.9 Å². The van der Waals surface area contributed by atoms with Gasteiger partial charge in [0.25, 0.3) is 0 Å². The minimum absolute atomic E-state index is 0.170. The van der Waals surface area contributed by atoms with Gasteiger partial charge in [-0.3, -0.25) is 0 Å². The topological polar surface area (TPSA) is 57.1 Å². The van der Waals surface area contributed by atoms with E-state index in [1.54, 1.807) is 18.2 Å². The van der Waals surface area contributed by atoms with Crippen LogP contribution in [0.25, 0.3) is 17.2 Å². The molecule has 0 bridgehead atoms. The maximum absolute atomic E-state index is 12.5. The zero-order chi connectivity index (χ0) is 25.8. The first kappa shape index (κ1) is 24.8. The molecule has 0 radical (unpaired) electrons. The number of aliphatic imine (C=N–C) groups is 1. The van der Waals surface area contributed by atoms with Crippen LogP contribution in [0, 0.1) is 0 Å². The Bertz CT molecular complexity index is 1500. The summed E-state index contributed by atoms with van der Waals surface area (Å²) in [7, 11) is 1.54. The molecule has 0 saturated carbocycles. The van der Waals surface area contributed by atoms with Gasteiger partial charge in [0.15, 0.2) is 17.2 Å². The van der Waals surface area contributed by atoms with Crippen molar-refractivity contribution in [2.45, 2.75) is 6.61 Å². The molecule has 0 saturated heterocycles. The fourth-order valence-corrected chi connectivity index (χ4v) is 4.36. The van der Waals surface area contributed by atoms with Gasteiger partial charge in [-0.05, 0) is 64.7 Å². The van der Waals surface area contributed by atoms with Crippen LogP contribution in [0.2, 0.25) is 5.02 Å². The molecular formula is C30H21BrClNO4. The summed E-state index contributed by atoms with van der Waals surface area (Å²) in [6.07, 6.45) is 1.61. The highest BCUT2D eigenvalue weighted by atomic mass is 79.9. The van der Waals surface area contributed by atoms with E-state index in [0.717, 1.165) is 21.2 Å². The molecule has 0 amide bonds. The molecule has 0 N–H and O–H groups in total. The number of hydrogen-bond acceptors (Lipinski definition) is 5. The lowest BCUT2D eigenvalue weighted by Gasteiger charge is -2.13. The number of cyclic esters (lactones) is 1. The van der Waals surface area contributed by atoms with Gasteiger partial charge in [-0.25, -0.2) is 9.79 Å². The molecule has 0 unspecified atom stereocenters. The molecule has 1 aliphatic heterocycles. The summed E-state index contributed by atoms with van der Waals surface area (Å²) in [5.74, 6) is 0.589. The van der Waals surface area contributed by atoms with Crippen LogP contribution in [0.5, 0.6) is 11.5 Å². The van der Waals surface area contributed by atoms with Crippen molar-refractivity contribution in [1.29, 1.82) is 0 Å². The van der Waals surface area contributed by atoms with Crippen LogP contribution < -0.4 is 9.47 Å². The summed E-state index contributed by atoms with van der Waals surface area (Å²) in [5.41, 5.74) is 4.67. The van der Waals surface area contributed by atoms with Gasteiger partial charge in [0.1, 0.15) is 6.61 Å². The molecule has 0 aromatic heterocycles. The van der Waals surface area contributed by atoms with Gasteiger partial charge in [-0.15, -0.1) is 0 Å². The van der Waals surface area contributed by atoms with Crippen LogP contribution in [0.4, 0.5) is 0 Å². The molecule has 7 heteroatoms. The van der Waals surface area contributed by atoms with Crippen molar-refractivity contribution >= 4 is 45.5 Å². The average molecular weight is 575 g/mol. The average Bonchev–Trinajstić information content (AvgIpc) is 3.29. The van der Waals surface area contributed by atoms with Crippen molar-refractivity contribution in [3.05, 3.63) is 123 Å². The van der Waals surface area contributed by atoms with Crippen molar-refractivity contribution in [2.75, 3.05) is 7.11 Å². The molecule has 1 heterocycles. The third kappa shape index (κ3) is 5.77. The molecule has 1 aliphatic rings. The molecule has 0 spiro atoms. The Morgan fingerprint density at radius 3 is 2.30 bits per heavy atom. The number of hydrogen-bond donors (Lipinski definition) is 0. The summed E-state index contributed by atoms with van der Waals surface area (Å²) in [6.45, 7) is 0.326. The van der Waals surface area contributed by atoms with Gasteiger partial charge in [-0.1, -0.05) is 82.1 Å². The van der Waals surface area contributed by atoms with E-state index >= 15 is 0 Å². The number of rotatable bonds is 7. The van der Waals surface area contributed by atoms with Crippen molar-refractivity contribution in [3.63, 3.8) is 0 Å². The first-order valence-electron chi connectivity index (χ1n) is 11.4. The monoisotopic (exact) mass is 573 g/mol. The highest BCUT2D eigenvalue weighted by Gasteiger charge is 2.24. The van der Waals surface area contributed by atoms with Gasteiger partial charge in [0, 0.05) is 10.0 Å². The number of halogens is 2. The van der Waals surface area contributed by atoms with E-state index in [4.69, 9.17) is 25.8 Å². The van der Waals surface area contributed by atoms with E-state index in [9.17, 15) is 4.79 Å². The first-order valence-corrected chi connectivity index (χ1v) is 12.6. The second-order valence-corrected chi connectivity index (χ2v) is 9.55. The normalized spacial score (nSPS) is 13.9. The Kier molecular flexibility index (Phi) is 7.40. The van der Waals surface area contributed by atoms with Crippen molar-refractivity contribution in [1.82, 2.24) is 0 Å². The van der Waals surface area contributed by atoms with Crippen LogP contribution >= 0.6 is 27.5 Å². The molecular weight excluding hydrogens is 554 g/mol. The Morgan fingerprint density at radius 2 is 1.59 bits per heavy atom. The Labute approximate surface area is 228 Å². The van der Waals surface area contributed by atoms with Gasteiger partial charge >= 0.3 is 5.97 Å². The molecule has 4 aromatic carbocycles. The van der Waals surface area contributed by atoms with Crippen LogP contribution in [0.1, 0.15) is 16.7 Å². The summed E-state index contributed by atoms with van der Waals surface area (Å²) in [4.78, 5) is 17.0. The summed E-state index contributed by atoms with van der Waals surface area (Å²) in [6, 6.07) is 29.0. The van der Waals surface area contributed by atoms with Crippen LogP contribution in [-0.4, -0.2) is 19.0 Å². The van der Waals surface area contributed by atoms with Crippen molar-refractivity contribution < 1.29 is 19.0 Å². The fraction of sp³-hybridized carbons (Fsp3) is 0.0667. The second kappa shape index (κ2) is 11.0. The van der Waals surface area contributed by atoms with Gasteiger partial charge in [-0.2, -0.15) is 0 Å². The zero-order valence-electron chi connectivity index (χ0n) is 19.8. The maximum Gasteiger partial charge on any atom is 0.363 e. The summed E-state index contributed by atoms with van der Waals surface area (Å²) in [5, 5.41) is 0.357. The van der Waals surface area contributed by atoms with Crippen LogP contribution in [0.15, 0.2) is 106 Å². The van der Waals surface area contributed by atoms with E-state index in [0.29, 0.717) is 34.3 Å². The van der Waals surface area contributed by atoms with E-state index < -0.39 is 5.97 Å². The molecule has 5 nitrogen and oxygen atoms in total. The first-order chi connectivity index (χ1) is 18.0. The minimum atomic E-state index is -0.534. The zero-order valence-corrected chi connectivity index (χ0v) is 22.1. The summed E-state index contributed by atoms with van der Waals surface area (Å²) >= 11 is 9.95. The molecule has 0 atom stereocenters. The number of benzene rings is 4. The quantitative estimate of drug-likeness (QED) is 0.168. The van der Waals surface area contributed by atoms with Gasteiger partial charge < -0.3 is 14.2 Å². The number of ether oxygens (including phenoxy) is 3. The number of carbonyl (C=O) groups excluding carboxylic acids is 1. The highest BCUT2D eigenvalue weighted by molar-refractivity contribution is 9.10. The molecule has 0 aliphatic carbocycles. The Balaban J connectivity index is 1.36. The predicted octanol–water partition coefficient (Wildman–Crippen LogP) is 7.70. The van der Waals surface area contributed by atoms with Crippen molar-refractivity contribution in [2.24, 2.45) is 4.99 Å². The number of carbonyl (C=O) groups is 1. The predicted molar refractivity (Wildman–Crippen MR) is 149 cm³/mol. The SMILES string of the molecule is COc1cc(/C=C2\N=C(c3ccc(-c4ccccc4)cc3)OC2=O)cc(Cl)c1OCc1ccc(Br)cc1. The van der Waals surface area contributed by atoms with Crippen LogP contribution in [-0.2, 0) is 16.1 Å². The lowest BCUT2D eigenvalue weighted by atomic mass is 10.0. The highest BCUT2D eigenvalue weighted by Crippen LogP contribution is 2.38. The van der Waals surface area contributed by atoms with Gasteiger partial charge in [0.05, 0.1) is 12.1 Å². The molecule has 0 fully saturated rings. The number of nitrogens with zero attached hydrogens (tertiary/aromatic N) is 1. The molecule has 4 aromatic rings. The largest absolute Gasteiger partial charge is 0.493 e. The molecule has 37 heavy (non-hydrogen) atoms. The Hall–Kier alpha value is -3.87. The van der Waals surface area contributed by atoms with E-state index in [1.165, 1.54) is 7.11 Å². The Morgan fingerprint density at radius 1 is 0.919 bits per heavy atom. The van der Waals surface area contributed by atoms with Gasteiger partial charge in [0.2, 0.25) is 5.90 Å². The third-order valence-corrected chi connectivity index (χ3v) is 6.52. The second-order valence-electron chi connectivity index (χ2n) is 8.23. The lowest BCUT2D eigenvalue weighted by Crippen LogP contribution is -2.05. The van der Waals surface area contributed by atoms with E-state index in [-0.39, 0.29) is 11.6 Å². The fourth-order valence-electron chi connectivity index (χ4n) is 3.83. The van der Waals surface area contributed by atoms with Crippen molar-refractivity contribution in [3.8, 4) is 22.6 Å². The molecule has 5 rings (SSSR count). The standard InChI is InChI=1S/C30H21BrClNO4/c1-35-27-17-20(15-25(32)28(27)36-18-19-7-13-24(31)14-8-19)16-26-30(34)37-29(33-26)23-11-9-22(10-12-23)21-5-3-2-4-6-21/h2-17H,18H2,1H3/b26-16-. The minimum Gasteiger partial charge on any atom is -0.493 e. The maximum atomic E-state index is 12.5. The third-order valence-electron chi connectivity index (χ3n) is 5.71. The number of esters is 1. The lowest BCUT2D eigenvalue weighted by molar-refractivity contribution is -0.129. The summed E-state index contributed by atoms with van der Waals surface area (Å²) < 4.78 is 17.9. The molecule has 184 valence electrons. The smallest absolute Gasteiger partial charge is 0.363 e. The number of methoxy groups -OCH3 is 1. The van der Waals surface area contributed by atoms with E-state index in [2.05, 4.69) is 20.9 Å². The van der Waals surface area contributed by atoms with Crippen LogP contribution in [0.3, 0.4) is 0 Å².